The van der Waals surface area contributed by atoms with Gasteiger partial charge in [0.05, 0.1) is 12.0 Å². The highest BCUT2D eigenvalue weighted by Crippen LogP contribution is 2.29. The van der Waals surface area contributed by atoms with Gasteiger partial charge in [-0.3, -0.25) is 4.79 Å². The molecule has 0 spiro atoms. The summed E-state index contributed by atoms with van der Waals surface area (Å²) in [5.74, 6) is 0.547. The van der Waals surface area contributed by atoms with Crippen molar-refractivity contribution in [1.29, 1.82) is 0 Å². The van der Waals surface area contributed by atoms with Gasteiger partial charge in [-0.15, -0.1) is 0 Å². The maximum Gasteiger partial charge on any atom is 0.226 e. The zero-order chi connectivity index (χ0) is 13.0. The number of rotatable bonds is 4. The Morgan fingerprint density at radius 3 is 2.76 bits per heavy atom. The second-order valence-corrected chi connectivity index (χ2v) is 5.49. The monoisotopic (exact) mass is 242 g/mol. The van der Waals surface area contributed by atoms with Crippen molar-refractivity contribution in [2.24, 2.45) is 17.6 Å². The molecule has 4 nitrogen and oxygen atoms in total. The van der Waals surface area contributed by atoms with Gasteiger partial charge in [0.25, 0.3) is 0 Å². The number of nitrogens with zero attached hydrogens (tertiary/aromatic N) is 1. The second kappa shape index (κ2) is 6.36. The van der Waals surface area contributed by atoms with E-state index in [1.807, 2.05) is 0 Å². The third-order valence-electron chi connectivity index (χ3n) is 3.87. The van der Waals surface area contributed by atoms with E-state index in [0.29, 0.717) is 18.9 Å². The van der Waals surface area contributed by atoms with Crippen molar-refractivity contribution >= 4 is 5.91 Å². The summed E-state index contributed by atoms with van der Waals surface area (Å²) in [6.45, 7) is 4.47. The lowest BCUT2D eigenvalue weighted by Crippen LogP contribution is -2.48. The molecule has 4 unspecified atom stereocenters. The number of carbonyl (C=O) groups is 1. The Morgan fingerprint density at radius 1 is 1.53 bits per heavy atom. The van der Waals surface area contributed by atoms with Gasteiger partial charge in [-0.25, -0.2) is 0 Å². The molecular formula is C13H26N2O2. The first-order chi connectivity index (χ1) is 7.93. The topological polar surface area (TPSA) is 66.6 Å². The van der Waals surface area contributed by atoms with Crippen LogP contribution < -0.4 is 5.73 Å². The van der Waals surface area contributed by atoms with E-state index >= 15 is 0 Å². The lowest BCUT2D eigenvalue weighted by Gasteiger charge is -2.35. The van der Waals surface area contributed by atoms with Crippen LogP contribution in [0.1, 0.15) is 39.5 Å². The molecule has 1 aliphatic carbocycles. The molecule has 0 aliphatic heterocycles. The summed E-state index contributed by atoms with van der Waals surface area (Å²) < 4.78 is 0. The molecule has 0 radical (unpaired) electrons. The van der Waals surface area contributed by atoms with E-state index in [2.05, 4.69) is 6.92 Å². The van der Waals surface area contributed by atoms with Gasteiger partial charge in [-0.2, -0.15) is 0 Å². The molecule has 1 fully saturated rings. The fraction of sp³-hybridized carbons (Fsp3) is 0.923. The van der Waals surface area contributed by atoms with Gasteiger partial charge in [0, 0.05) is 19.6 Å². The molecule has 0 aromatic rings. The molecule has 1 aliphatic rings. The van der Waals surface area contributed by atoms with E-state index in [0.717, 1.165) is 19.3 Å². The Kier molecular flexibility index (Phi) is 5.40. The van der Waals surface area contributed by atoms with Gasteiger partial charge >= 0.3 is 0 Å². The van der Waals surface area contributed by atoms with Crippen molar-refractivity contribution in [2.75, 3.05) is 13.6 Å². The summed E-state index contributed by atoms with van der Waals surface area (Å²) in [5.41, 5.74) is 6.12. The normalized spacial score (nSPS) is 31.0. The third-order valence-corrected chi connectivity index (χ3v) is 3.87. The fourth-order valence-corrected chi connectivity index (χ4v) is 2.50. The van der Waals surface area contributed by atoms with Crippen molar-refractivity contribution in [3.8, 4) is 0 Å². The molecule has 0 saturated heterocycles. The Balaban J connectivity index is 2.50. The summed E-state index contributed by atoms with van der Waals surface area (Å²) in [4.78, 5) is 13.9. The first-order valence-corrected chi connectivity index (χ1v) is 6.62. The molecule has 1 amide bonds. The summed E-state index contributed by atoms with van der Waals surface area (Å²) in [5, 5.41) is 9.22. The van der Waals surface area contributed by atoms with Crippen molar-refractivity contribution in [1.82, 2.24) is 4.90 Å². The summed E-state index contributed by atoms with van der Waals surface area (Å²) >= 11 is 0. The lowest BCUT2D eigenvalue weighted by atomic mass is 9.77. The van der Waals surface area contributed by atoms with E-state index in [-0.39, 0.29) is 24.0 Å². The van der Waals surface area contributed by atoms with Crippen LogP contribution in [-0.2, 0) is 4.79 Å². The highest BCUT2D eigenvalue weighted by atomic mass is 16.3. The lowest BCUT2D eigenvalue weighted by molar-refractivity contribution is -0.136. The van der Waals surface area contributed by atoms with Crippen LogP contribution in [0.15, 0.2) is 0 Å². The predicted molar refractivity (Wildman–Crippen MR) is 68.4 cm³/mol. The third kappa shape index (κ3) is 3.96. The van der Waals surface area contributed by atoms with Crippen LogP contribution in [0.4, 0.5) is 0 Å². The van der Waals surface area contributed by atoms with Crippen LogP contribution >= 0.6 is 0 Å². The van der Waals surface area contributed by atoms with E-state index < -0.39 is 0 Å². The van der Waals surface area contributed by atoms with Crippen LogP contribution in [-0.4, -0.2) is 41.7 Å². The number of amides is 1. The molecule has 0 aromatic heterocycles. The van der Waals surface area contributed by atoms with Crippen molar-refractivity contribution in [2.45, 2.75) is 51.7 Å². The van der Waals surface area contributed by atoms with Crippen LogP contribution in [0.5, 0.6) is 0 Å². The number of nitrogens with two attached hydrogens (primary N) is 1. The number of hydrogen-bond acceptors (Lipinski definition) is 3. The maximum atomic E-state index is 12.2. The largest absolute Gasteiger partial charge is 0.393 e. The van der Waals surface area contributed by atoms with Crippen molar-refractivity contribution in [3.63, 3.8) is 0 Å². The van der Waals surface area contributed by atoms with Crippen LogP contribution in [0.2, 0.25) is 0 Å². The minimum Gasteiger partial charge on any atom is -0.393 e. The number of hydrogen-bond donors (Lipinski definition) is 2. The molecule has 3 N–H and O–H groups in total. The molecule has 4 atom stereocenters. The minimum absolute atomic E-state index is 0.00903. The standard InChI is InChI=1S/C13H26N2O2/c1-9-5-4-6-11(12(9)14)13(17)15(3)8-7-10(2)16/h9-12,16H,4-8,14H2,1-3H3. The van der Waals surface area contributed by atoms with Crippen molar-refractivity contribution < 1.29 is 9.90 Å². The molecule has 100 valence electrons. The van der Waals surface area contributed by atoms with Crippen LogP contribution in [0, 0.1) is 11.8 Å². The first kappa shape index (κ1) is 14.5. The average Bonchev–Trinajstić information content (AvgIpc) is 2.28. The summed E-state index contributed by atoms with van der Waals surface area (Å²) in [6.07, 6.45) is 3.39. The van der Waals surface area contributed by atoms with Gasteiger partial charge < -0.3 is 15.7 Å². The molecule has 0 bridgehead atoms. The van der Waals surface area contributed by atoms with Crippen LogP contribution in [0.3, 0.4) is 0 Å². The minimum atomic E-state index is -0.357. The molecule has 1 rings (SSSR count). The smallest absolute Gasteiger partial charge is 0.226 e. The van der Waals surface area contributed by atoms with E-state index in [9.17, 15) is 9.90 Å². The van der Waals surface area contributed by atoms with Gasteiger partial charge in [-0.1, -0.05) is 13.3 Å². The molecule has 0 aromatic carbocycles. The highest BCUT2D eigenvalue weighted by molar-refractivity contribution is 5.79. The van der Waals surface area contributed by atoms with E-state index in [1.165, 1.54) is 0 Å². The Morgan fingerprint density at radius 2 is 2.18 bits per heavy atom. The van der Waals surface area contributed by atoms with Gasteiger partial charge in [0.1, 0.15) is 0 Å². The Bertz CT molecular complexity index is 256. The Labute approximate surface area is 104 Å². The summed E-state index contributed by atoms with van der Waals surface area (Å²) in [6, 6.07) is -0.00903. The Hall–Kier alpha value is -0.610. The molecule has 1 saturated carbocycles. The number of carbonyl (C=O) groups excluding carboxylic acids is 1. The second-order valence-electron chi connectivity index (χ2n) is 5.49. The first-order valence-electron chi connectivity index (χ1n) is 6.62. The summed E-state index contributed by atoms with van der Waals surface area (Å²) in [7, 11) is 1.80. The highest BCUT2D eigenvalue weighted by Gasteiger charge is 2.34. The van der Waals surface area contributed by atoms with Gasteiger partial charge in [0.15, 0.2) is 0 Å². The van der Waals surface area contributed by atoms with Gasteiger partial charge in [0.2, 0.25) is 5.91 Å². The van der Waals surface area contributed by atoms with Crippen LogP contribution in [0.25, 0.3) is 0 Å². The zero-order valence-electron chi connectivity index (χ0n) is 11.2. The zero-order valence-corrected chi connectivity index (χ0v) is 11.2. The van der Waals surface area contributed by atoms with E-state index in [4.69, 9.17) is 5.73 Å². The quantitative estimate of drug-likeness (QED) is 0.772. The fourth-order valence-electron chi connectivity index (χ4n) is 2.50. The number of aliphatic hydroxyl groups excluding tert-OH is 1. The SMILES string of the molecule is CC(O)CCN(C)C(=O)C1CCCC(C)C1N. The van der Waals surface area contributed by atoms with Crippen molar-refractivity contribution in [3.05, 3.63) is 0 Å². The molecule has 0 heterocycles. The predicted octanol–water partition coefficient (Wildman–Crippen LogP) is 0.979. The van der Waals surface area contributed by atoms with E-state index in [1.54, 1.807) is 18.9 Å². The maximum absolute atomic E-state index is 12.2. The van der Waals surface area contributed by atoms with Gasteiger partial charge in [-0.05, 0) is 32.1 Å². The average molecular weight is 242 g/mol. The molecule has 17 heavy (non-hydrogen) atoms. The number of aliphatic hydroxyl groups is 1. The molecular weight excluding hydrogens is 216 g/mol. The molecule has 4 heteroatoms.